The Morgan fingerprint density at radius 2 is 2.39 bits per heavy atom. The van der Waals surface area contributed by atoms with Gasteiger partial charge in [-0.05, 0) is 53.7 Å². The number of nitrogens with one attached hydrogen (secondary N) is 2. The summed E-state index contributed by atoms with van der Waals surface area (Å²) < 4.78 is 1.15. The van der Waals surface area contributed by atoms with Gasteiger partial charge in [0.25, 0.3) is 0 Å². The average Bonchev–Trinajstić information content (AvgIpc) is 3.05. The van der Waals surface area contributed by atoms with E-state index in [1.54, 1.807) is 11.3 Å². The lowest BCUT2D eigenvalue weighted by Gasteiger charge is -2.19. The van der Waals surface area contributed by atoms with Gasteiger partial charge in [0.15, 0.2) is 0 Å². The summed E-state index contributed by atoms with van der Waals surface area (Å²) in [4.78, 5) is 13.4. The second-order valence-corrected chi connectivity index (χ2v) is 7.68. The minimum Gasteiger partial charge on any atom is -0.355 e. The zero-order chi connectivity index (χ0) is 12.5. The summed E-state index contributed by atoms with van der Waals surface area (Å²) in [5.41, 5.74) is 0. The standard InChI is InChI=1S/C13H17BrN2OS/c14-12-4-2-9(18-12)5-6-15-13(17)10-7-8-1-3-11(10)16-8/h2,4,8,10-11,16H,1,3,5-7H2,(H,15,17). The van der Waals surface area contributed by atoms with Crippen LogP contribution in [0.25, 0.3) is 0 Å². The number of amides is 1. The molecular formula is C13H17BrN2OS. The van der Waals surface area contributed by atoms with Gasteiger partial charge in [-0.1, -0.05) is 0 Å². The molecule has 3 atom stereocenters. The van der Waals surface area contributed by atoms with E-state index in [1.807, 2.05) is 0 Å². The Balaban J connectivity index is 1.44. The Morgan fingerprint density at radius 1 is 1.50 bits per heavy atom. The monoisotopic (exact) mass is 328 g/mol. The lowest BCUT2D eigenvalue weighted by molar-refractivity contribution is -0.125. The van der Waals surface area contributed by atoms with Crippen molar-refractivity contribution in [3.05, 3.63) is 20.8 Å². The molecule has 1 aromatic heterocycles. The van der Waals surface area contributed by atoms with Crippen LogP contribution in [0.3, 0.4) is 0 Å². The van der Waals surface area contributed by atoms with E-state index in [9.17, 15) is 4.79 Å². The molecule has 1 aromatic rings. The lowest BCUT2D eigenvalue weighted by atomic mass is 9.88. The fourth-order valence-corrected chi connectivity index (χ4v) is 4.52. The van der Waals surface area contributed by atoms with E-state index in [0.717, 1.165) is 23.2 Å². The zero-order valence-electron chi connectivity index (χ0n) is 10.1. The van der Waals surface area contributed by atoms with Crippen LogP contribution in [-0.4, -0.2) is 24.5 Å². The molecule has 5 heteroatoms. The van der Waals surface area contributed by atoms with Crippen molar-refractivity contribution in [2.24, 2.45) is 5.92 Å². The molecule has 3 rings (SSSR count). The molecule has 2 saturated heterocycles. The van der Waals surface area contributed by atoms with E-state index < -0.39 is 0 Å². The van der Waals surface area contributed by atoms with E-state index in [1.165, 1.54) is 17.7 Å². The molecule has 0 spiro atoms. The Morgan fingerprint density at radius 3 is 3.00 bits per heavy atom. The van der Waals surface area contributed by atoms with Crippen molar-refractivity contribution in [2.45, 2.75) is 37.8 Å². The molecule has 18 heavy (non-hydrogen) atoms. The molecule has 2 aliphatic heterocycles. The van der Waals surface area contributed by atoms with Gasteiger partial charge < -0.3 is 10.6 Å². The molecule has 2 bridgehead atoms. The highest BCUT2D eigenvalue weighted by Crippen LogP contribution is 2.33. The first-order chi connectivity index (χ1) is 8.72. The quantitative estimate of drug-likeness (QED) is 0.890. The topological polar surface area (TPSA) is 41.1 Å². The van der Waals surface area contributed by atoms with Crippen molar-refractivity contribution in [2.75, 3.05) is 6.54 Å². The maximum absolute atomic E-state index is 12.1. The van der Waals surface area contributed by atoms with Gasteiger partial charge in [0, 0.05) is 23.5 Å². The Kier molecular flexibility index (Phi) is 3.73. The van der Waals surface area contributed by atoms with Crippen LogP contribution < -0.4 is 10.6 Å². The predicted octanol–water partition coefficient (Wildman–Crippen LogP) is 2.31. The fourth-order valence-electron chi connectivity index (χ4n) is 3.04. The molecule has 2 fully saturated rings. The van der Waals surface area contributed by atoms with Gasteiger partial charge in [0.1, 0.15) is 0 Å². The van der Waals surface area contributed by atoms with Crippen LogP contribution in [0.4, 0.5) is 0 Å². The third kappa shape index (κ3) is 2.63. The van der Waals surface area contributed by atoms with E-state index in [2.05, 4.69) is 38.7 Å². The van der Waals surface area contributed by atoms with E-state index in [0.29, 0.717) is 12.1 Å². The molecule has 3 unspecified atom stereocenters. The molecule has 0 aliphatic carbocycles. The van der Waals surface area contributed by atoms with Crippen molar-refractivity contribution in [3.63, 3.8) is 0 Å². The number of hydrogen-bond donors (Lipinski definition) is 2. The van der Waals surface area contributed by atoms with Crippen LogP contribution in [0.2, 0.25) is 0 Å². The fraction of sp³-hybridized carbons (Fsp3) is 0.615. The van der Waals surface area contributed by atoms with Crippen molar-refractivity contribution in [1.82, 2.24) is 10.6 Å². The minimum atomic E-state index is 0.207. The molecule has 0 saturated carbocycles. The van der Waals surface area contributed by atoms with Gasteiger partial charge >= 0.3 is 0 Å². The van der Waals surface area contributed by atoms with E-state index >= 15 is 0 Å². The summed E-state index contributed by atoms with van der Waals surface area (Å²) in [7, 11) is 0. The summed E-state index contributed by atoms with van der Waals surface area (Å²) in [5, 5.41) is 6.58. The second kappa shape index (κ2) is 5.31. The van der Waals surface area contributed by atoms with Crippen LogP contribution >= 0.6 is 27.3 Å². The summed E-state index contributed by atoms with van der Waals surface area (Å²) in [5.74, 6) is 0.448. The Bertz CT molecular complexity index is 448. The van der Waals surface area contributed by atoms with Crippen LogP contribution in [0.15, 0.2) is 15.9 Å². The summed E-state index contributed by atoms with van der Waals surface area (Å²) >= 11 is 5.19. The number of fused-ring (bicyclic) bond motifs is 2. The maximum atomic E-state index is 12.1. The second-order valence-electron chi connectivity index (χ2n) is 5.14. The summed E-state index contributed by atoms with van der Waals surface area (Å²) in [6, 6.07) is 5.20. The highest BCUT2D eigenvalue weighted by Gasteiger charge is 2.42. The third-order valence-electron chi connectivity index (χ3n) is 3.94. The number of hydrogen-bond acceptors (Lipinski definition) is 3. The SMILES string of the molecule is O=C(NCCc1ccc(Br)s1)C1CC2CCC1N2. The largest absolute Gasteiger partial charge is 0.355 e. The van der Waals surface area contributed by atoms with Crippen LogP contribution in [0.5, 0.6) is 0 Å². The lowest BCUT2D eigenvalue weighted by Crippen LogP contribution is -2.38. The number of thiophene rings is 1. The molecule has 2 aliphatic rings. The molecule has 98 valence electrons. The number of carbonyl (C=O) groups excluding carboxylic acids is 1. The van der Waals surface area contributed by atoms with Crippen LogP contribution in [-0.2, 0) is 11.2 Å². The predicted molar refractivity (Wildman–Crippen MR) is 76.8 cm³/mol. The Labute approximate surface area is 119 Å². The average molecular weight is 329 g/mol. The van der Waals surface area contributed by atoms with Gasteiger partial charge in [-0.15, -0.1) is 11.3 Å². The van der Waals surface area contributed by atoms with Gasteiger partial charge in [0.2, 0.25) is 5.91 Å². The smallest absolute Gasteiger partial charge is 0.224 e. The molecule has 0 aromatic carbocycles. The molecular weight excluding hydrogens is 312 g/mol. The first-order valence-electron chi connectivity index (χ1n) is 6.50. The molecule has 1 amide bonds. The van der Waals surface area contributed by atoms with Gasteiger partial charge in [-0.3, -0.25) is 4.79 Å². The maximum Gasteiger partial charge on any atom is 0.224 e. The van der Waals surface area contributed by atoms with Gasteiger partial charge in [0.05, 0.1) is 9.70 Å². The minimum absolute atomic E-state index is 0.207. The summed E-state index contributed by atoms with van der Waals surface area (Å²) in [6.45, 7) is 0.750. The van der Waals surface area contributed by atoms with Gasteiger partial charge in [-0.25, -0.2) is 0 Å². The van der Waals surface area contributed by atoms with Crippen LogP contribution in [0, 0.1) is 5.92 Å². The normalized spacial score (nSPS) is 29.7. The number of halogens is 1. The molecule has 3 heterocycles. The first-order valence-corrected chi connectivity index (χ1v) is 8.11. The number of rotatable bonds is 4. The Hall–Kier alpha value is -0.390. The van der Waals surface area contributed by atoms with E-state index in [-0.39, 0.29) is 11.8 Å². The molecule has 3 nitrogen and oxygen atoms in total. The van der Waals surface area contributed by atoms with Crippen molar-refractivity contribution >= 4 is 33.2 Å². The zero-order valence-corrected chi connectivity index (χ0v) is 12.5. The van der Waals surface area contributed by atoms with Crippen molar-refractivity contribution in [3.8, 4) is 0 Å². The van der Waals surface area contributed by atoms with E-state index in [4.69, 9.17) is 0 Å². The molecule has 0 radical (unpaired) electrons. The number of carbonyl (C=O) groups is 1. The third-order valence-corrected chi connectivity index (χ3v) is 5.62. The highest BCUT2D eigenvalue weighted by atomic mass is 79.9. The molecule has 2 N–H and O–H groups in total. The highest BCUT2D eigenvalue weighted by molar-refractivity contribution is 9.11. The van der Waals surface area contributed by atoms with Gasteiger partial charge in [-0.2, -0.15) is 0 Å². The van der Waals surface area contributed by atoms with Crippen molar-refractivity contribution in [1.29, 1.82) is 0 Å². The summed E-state index contributed by atoms with van der Waals surface area (Å²) in [6.07, 6.45) is 4.37. The van der Waals surface area contributed by atoms with Crippen molar-refractivity contribution < 1.29 is 4.79 Å². The van der Waals surface area contributed by atoms with Crippen LogP contribution in [0.1, 0.15) is 24.1 Å². The first kappa shape index (κ1) is 12.6.